The molecule has 0 spiro atoms. The van der Waals surface area contributed by atoms with Gasteiger partial charge in [-0.05, 0) is 30.5 Å². The number of nitrogens with two attached hydrogens (primary N) is 2. The van der Waals surface area contributed by atoms with Crippen LogP contribution in [0.4, 0.5) is 11.8 Å². The lowest BCUT2D eigenvalue weighted by Gasteiger charge is -2.12. The third-order valence-electron chi connectivity index (χ3n) is 4.73. The molecule has 8 nitrogen and oxygen atoms in total. The Hall–Kier alpha value is -3.29. The van der Waals surface area contributed by atoms with Crippen LogP contribution in [0, 0.1) is 5.92 Å². The van der Waals surface area contributed by atoms with Crippen molar-refractivity contribution in [2.24, 2.45) is 5.92 Å². The number of furan rings is 1. The van der Waals surface area contributed by atoms with Crippen molar-refractivity contribution >= 4 is 28.5 Å². The zero-order valence-corrected chi connectivity index (χ0v) is 15.1. The fourth-order valence-corrected chi connectivity index (χ4v) is 3.15. The molecular weight excluding hydrogens is 348 g/mol. The van der Waals surface area contributed by atoms with E-state index in [0.717, 1.165) is 23.8 Å². The second-order valence-electron chi connectivity index (χ2n) is 6.58. The average molecular weight is 368 g/mol. The first-order valence-corrected chi connectivity index (χ1v) is 8.60. The molecule has 0 atom stereocenters. The SMILES string of the molecule is COc1cc(Cc2cnc(N)nc2N)c2cc(C(=O)C3CC3)oc2c1OC. The quantitative estimate of drug-likeness (QED) is 0.636. The van der Waals surface area contributed by atoms with Crippen LogP contribution in [-0.4, -0.2) is 30.0 Å². The molecule has 8 heteroatoms. The van der Waals surface area contributed by atoms with Gasteiger partial charge in [0.1, 0.15) is 5.82 Å². The highest BCUT2D eigenvalue weighted by molar-refractivity contribution is 6.02. The Morgan fingerprint density at radius 2 is 2.00 bits per heavy atom. The summed E-state index contributed by atoms with van der Waals surface area (Å²) in [5, 5.41) is 0.771. The van der Waals surface area contributed by atoms with Crippen molar-refractivity contribution in [2.75, 3.05) is 25.7 Å². The molecule has 140 valence electrons. The molecular formula is C19H20N4O4. The molecule has 2 aromatic heterocycles. The molecule has 1 aliphatic carbocycles. The zero-order chi connectivity index (χ0) is 19.1. The van der Waals surface area contributed by atoms with Crippen molar-refractivity contribution in [2.45, 2.75) is 19.3 Å². The average Bonchev–Trinajstić information content (AvgIpc) is 3.41. The van der Waals surface area contributed by atoms with Crippen LogP contribution in [0.1, 0.15) is 34.5 Å². The minimum Gasteiger partial charge on any atom is -0.493 e. The summed E-state index contributed by atoms with van der Waals surface area (Å²) in [5.41, 5.74) is 13.6. The molecule has 0 saturated heterocycles. The fraction of sp³-hybridized carbons (Fsp3) is 0.316. The Kier molecular flexibility index (Phi) is 4.10. The van der Waals surface area contributed by atoms with E-state index in [-0.39, 0.29) is 17.6 Å². The van der Waals surface area contributed by atoms with Crippen molar-refractivity contribution in [1.82, 2.24) is 9.97 Å². The summed E-state index contributed by atoms with van der Waals surface area (Å²) in [7, 11) is 3.08. The summed E-state index contributed by atoms with van der Waals surface area (Å²) in [4.78, 5) is 20.5. The number of fused-ring (bicyclic) bond motifs is 1. The van der Waals surface area contributed by atoms with Crippen LogP contribution in [0.25, 0.3) is 11.0 Å². The molecule has 0 bridgehead atoms. The van der Waals surface area contributed by atoms with E-state index in [1.54, 1.807) is 19.4 Å². The molecule has 0 unspecified atom stereocenters. The van der Waals surface area contributed by atoms with Gasteiger partial charge in [-0.15, -0.1) is 0 Å². The molecule has 1 saturated carbocycles. The van der Waals surface area contributed by atoms with E-state index < -0.39 is 0 Å². The van der Waals surface area contributed by atoms with Gasteiger partial charge in [-0.25, -0.2) is 4.98 Å². The number of carbonyl (C=O) groups is 1. The topological polar surface area (TPSA) is 126 Å². The zero-order valence-electron chi connectivity index (χ0n) is 15.1. The number of methoxy groups -OCH3 is 2. The summed E-state index contributed by atoms with van der Waals surface area (Å²) in [5.74, 6) is 1.80. The van der Waals surface area contributed by atoms with E-state index in [9.17, 15) is 4.79 Å². The smallest absolute Gasteiger partial charge is 0.221 e. The molecule has 4 N–H and O–H groups in total. The Bertz CT molecular complexity index is 1040. The van der Waals surface area contributed by atoms with Gasteiger partial charge >= 0.3 is 0 Å². The molecule has 0 radical (unpaired) electrons. The minimum atomic E-state index is 0.0218. The van der Waals surface area contributed by atoms with Crippen molar-refractivity contribution in [3.63, 3.8) is 0 Å². The van der Waals surface area contributed by atoms with Crippen molar-refractivity contribution < 1.29 is 18.7 Å². The summed E-state index contributed by atoms with van der Waals surface area (Å²) < 4.78 is 16.8. The summed E-state index contributed by atoms with van der Waals surface area (Å²) in [6.07, 6.45) is 3.83. The molecule has 27 heavy (non-hydrogen) atoms. The standard InChI is InChI=1S/C19H20N4O4/c1-25-14-6-10(5-11-8-22-19(21)23-18(11)20)12-7-13(15(24)9-3-4-9)27-16(12)17(14)26-2/h6-9H,3-5H2,1-2H3,(H4,20,21,22,23). The van der Waals surface area contributed by atoms with Gasteiger partial charge in [-0.3, -0.25) is 4.79 Å². The van der Waals surface area contributed by atoms with Gasteiger partial charge in [-0.1, -0.05) is 0 Å². The van der Waals surface area contributed by atoms with Gasteiger partial charge in [0.2, 0.25) is 17.5 Å². The highest BCUT2D eigenvalue weighted by Crippen LogP contribution is 2.42. The Balaban J connectivity index is 1.86. The van der Waals surface area contributed by atoms with Crippen LogP contribution >= 0.6 is 0 Å². The van der Waals surface area contributed by atoms with Gasteiger partial charge < -0.3 is 25.4 Å². The highest BCUT2D eigenvalue weighted by Gasteiger charge is 2.33. The maximum atomic E-state index is 12.5. The van der Waals surface area contributed by atoms with Crippen LogP contribution in [0.2, 0.25) is 0 Å². The van der Waals surface area contributed by atoms with E-state index in [4.69, 9.17) is 25.4 Å². The van der Waals surface area contributed by atoms with E-state index in [2.05, 4.69) is 9.97 Å². The van der Waals surface area contributed by atoms with Crippen LogP contribution in [0.5, 0.6) is 11.5 Å². The lowest BCUT2D eigenvalue weighted by Crippen LogP contribution is -2.04. The number of nitrogens with zero attached hydrogens (tertiary/aromatic N) is 2. The third kappa shape index (κ3) is 3.03. The van der Waals surface area contributed by atoms with E-state index in [1.165, 1.54) is 7.11 Å². The predicted octanol–water partition coefficient (Wildman–Crippen LogP) is 2.59. The number of rotatable bonds is 6. The largest absolute Gasteiger partial charge is 0.493 e. The minimum absolute atomic E-state index is 0.0218. The van der Waals surface area contributed by atoms with Gasteiger partial charge in [0, 0.05) is 29.5 Å². The normalized spacial score (nSPS) is 13.7. The molecule has 2 heterocycles. The Morgan fingerprint density at radius 1 is 1.22 bits per heavy atom. The maximum absolute atomic E-state index is 12.5. The van der Waals surface area contributed by atoms with Crippen LogP contribution < -0.4 is 20.9 Å². The molecule has 4 rings (SSSR count). The molecule has 0 amide bonds. The summed E-state index contributed by atoms with van der Waals surface area (Å²) in [6.45, 7) is 0. The predicted molar refractivity (Wildman–Crippen MR) is 100 cm³/mol. The highest BCUT2D eigenvalue weighted by atomic mass is 16.5. The number of aromatic nitrogens is 2. The second kappa shape index (κ2) is 6.46. The fourth-order valence-electron chi connectivity index (χ4n) is 3.15. The number of benzene rings is 1. The van der Waals surface area contributed by atoms with Crippen LogP contribution in [0.3, 0.4) is 0 Å². The lowest BCUT2D eigenvalue weighted by molar-refractivity contribution is 0.0942. The van der Waals surface area contributed by atoms with Gasteiger partial charge in [-0.2, -0.15) is 4.98 Å². The van der Waals surface area contributed by atoms with E-state index in [0.29, 0.717) is 40.6 Å². The molecule has 1 aliphatic rings. The third-order valence-corrected chi connectivity index (χ3v) is 4.73. The number of nitrogen functional groups attached to an aromatic ring is 2. The van der Waals surface area contributed by atoms with Crippen molar-refractivity contribution in [3.05, 3.63) is 35.2 Å². The monoisotopic (exact) mass is 368 g/mol. The van der Waals surface area contributed by atoms with Crippen molar-refractivity contribution in [3.8, 4) is 11.5 Å². The molecule has 3 aromatic rings. The van der Waals surface area contributed by atoms with Gasteiger partial charge in [0.05, 0.1) is 14.2 Å². The van der Waals surface area contributed by atoms with Crippen LogP contribution in [-0.2, 0) is 6.42 Å². The number of anilines is 2. The number of hydrogen-bond donors (Lipinski definition) is 2. The van der Waals surface area contributed by atoms with Crippen molar-refractivity contribution in [1.29, 1.82) is 0 Å². The van der Waals surface area contributed by atoms with E-state index in [1.807, 2.05) is 6.07 Å². The first-order chi connectivity index (χ1) is 13.0. The Labute approximate surface area is 155 Å². The maximum Gasteiger partial charge on any atom is 0.221 e. The second-order valence-corrected chi connectivity index (χ2v) is 6.58. The Morgan fingerprint density at radius 3 is 2.63 bits per heavy atom. The summed E-state index contributed by atoms with van der Waals surface area (Å²) >= 11 is 0. The number of carbonyl (C=O) groups excluding carboxylic acids is 1. The molecule has 0 aliphatic heterocycles. The summed E-state index contributed by atoms with van der Waals surface area (Å²) in [6, 6.07) is 3.61. The first kappa shape index (κ1) is 17.1. The number of hydrogen-bond acceptors (Lipinski definition) is 8. The number of ketones is 1. The lowest BCUT2D eigenvalue weighted by atomic mass is 10.0. The number of ether oxygens (including phenoxy) is 2. The molecule has 1 fully saturated rings. The molecule has 1 aromatic carbocycles. The van der Waals surface area contributed by atoms with Gasteiger partial charge in [0.25, 0.3) is 0 Å². The number of Topliss-reactive ketones (excluding diaryl/α,β-unsaturated/α-hetero) is 1. The van der Waals surface area contributed by atoms with E-state index >= 15 is 0 Å². The van der Waals surface area contributed by atoms with Gasteiger partial charge in [0.15, 0.2) is 17.1 Å². The first-order valence-electron chi connectivity index (χ1n) is 8.60. The van der Waals surface area contributed by atoms with Crippen LogP contribution in [0.15, 0.2) is 22.7 Å².